The SMILES string of the molecule is Cc1cc(-c2ccc(N(c3c(-c4ccccc4)cccc3-c3ccccc3)c3cccc4c3oc3ccccc34)c(C)c2)ccc1N(c1c(-c2ccccc2)cccc1-c1ccccc1)c1cccc2c1oc1ccccc12. The maximum atomic E-state index is 6.89. The first-order valence-corrected chi connectivity index (χ1v) is 26.7. The molecule has 78 heavy (non-hydrogen) atoms. The summed E-state index contributed by atoms with van der Waals surface area (Å²) in [6.07, 6.45) is 0. The molecule has 0 spiro atoms. The zero-order valence-corrected chi connectivity index (χ0v) is 43.3. The fraction of sp³-hybridized carbons (Fsp3) is 0.0270. The number of hydrogen-bond donors (Lipinski definition) is 0. The maximum Gasteiger partial charge on any atom is 0.159 e. The van der Waals surface area contributed by atoms with Gasteiger partial charge in [-0.1, -0.05) is 231 Å². The van der Waals surface area contributed by atoms with E-state index in [-0.39, 0.29) is 0 Å². The van der Waals surface area contributed by atoms with E-state index >= 15 is 0 Å². The van der Waals surface area contributed by atoms with Gasteiger partial charge in [0.15, 0.2) is 11.2 Å². The van der Waals surface area contributed by atoms with Crippen LogP contribution in [0.4, 0.5) is 34.1 Å². The monoisotopic (exact) mass is 1000 g/mol. The van der Waals surface area contributed by atoms with Gasteiger partial charge in [0.2, 0.25) is 0 Å². The van der Waals surface area contributed by atoms with Crippen LogP contribution in [-0.2, 0) is 0 Å². The van der Waals surface area contributed by atoms with Crippen LogP contribution in [0, 0.1) is 13.8 Å². The van der Waals surface area contributed by atoms with Crippen molar-refractivity contribution < 1.29 is 8.83 Å². The molecule has 0 unspecified atom stereocenters. The molecule has 14 aromatic rings. The molecule has 0 N–H and O–H groups in total. The number of nitrogens with zero attached hydrogens (tertiary/aromatic N) is 2. The zero-order valence-electron chi connectivity index (χ0n) is 43.3. The van der Waals surface area contributed by atoms with E-state index in [1.54, 1.807) is 0 Å². The molecule has 0 amide bonds. The normalized spacial score (nSPS) is 11.5. The summed E-state index contributed by atoms with van der Waals surface area (Å²) < 4.78 is 13.8. The Labute approximate surface area is 454 Å². The Bertz CT molecular complexity index is 4110. The Morgan fingerprint density at radius 2 is 0.551 bits per heavy atom. The van der Waals surface area contributed by atoms with Gasteiger partial charge in [0, 0.05) is 55.2 Å². The summed E-state index contributed by atoms with van der Waals surface area (Å²) in [7, 11) is 0. The van der Waals surface area contributed by atoms with Crippen LogP contribution in [0.15, 0.2) is 288 Å². The molecule has 2 heterocycles. The molecule has 0 saturated heterocycles. The molecule has 4 nitrogen and oxygen atoms in total. The number of para-hydroxylation sites is 6. The quantitative estimate of drug-likeness (QED) is 0.129. The van der Waals surface area contributed by atoms with Gasteiger partial charge in [-0.05, 0) is 107 Å². The largest absolute Gasteiger partial charge is 0.454 e. The number of anilines is 6. The van der Waals surface area contributed by atoms with Gasteiger partial charge in [-0.25, -0.2) is 0 Å². The van der Waals surface area contributed by atoms with Crippen molar-refractivity contribution in [2.24, 2.45) is 0 Å². The molecular formula is C74H52N2O2. The second-order valence-electron chi connectivity index (χ2n) is 20.0. The molecule has 0 fully saturated rings. The minimum Gasteiger partial charge on any atom is -0.454 e. The van der Waals surface area contributed by atoms with Gasteiger partial charge in [0.1, 0.15) is 11.2 Å². The molecule has 12 aromatic carbocycles. The number of furan rings is 2. The highest BCUT2D eigenvalue weighted by Crippen LogP contribution is 2.53. The van der Waals surface area contributed by atoms with Gasteiger partial charge in [0.25, 0.3) is 0 Å². The molecular weight excluding hydrogens is 949 g/mol. The average Bonchev–Trinajstić information content (AvgIpc) is 4.10. The lowest BCUT2D eigenvalue weighted by molar-refractivity contribution is 0.668. The van der Waals surface area contributed by atoms with Crippen LogP contribution < -0.4 is 9.80 Å². The molecule has 0 aliphatic carbocycles. The Hall–Kier alpha value is -10.2. The summed E-state index contributed by atoms with van der Waals surface area (Å²) in [5.41, 5.74) is 23.0. The van der Waals surface area contributed by atoms with Gasteiger partial charge < -0.3 is 18.6 Å². The molecule has 2 aromatic heterocycles. The van der Waals surface area contributed by atoms with Crippen LogP contribution >= 0.6 is 0 Å². The van der Waals surface area contributed by atoms with E-state index in [1.807, 2.05) is 12.1 Å². The summed E-state index contributed by atoms with van der Waals surface area (Å²) in [4.78, 5) is 4.88. The van der Waals surface area contributed by atoms with Crippen molar-refractivity contribution in [2.45, 2.75) is 13.8 Å². The minimum atomic E-state index is 0.836. The maximum absolute atomic E-state index is 6.89. The zero-order chi connectivity index (χ0) is 52.1. The molecule has 0 atom stereocenters. The first-order chi connectivity index (χ1) is 38.6. The standard InChI is InChI=1S/C74H52N2O2/c1-49-47-55(43-45-65(49)75(67-39-21-37-63-61-31-15-17-41-69(61)77-73(63)67)71-57(51-23-7-3-8-24-51)33-19-34-58(71)52-25-9-4-10-26-52)56-44-46-66(50(2)48-56)76(68-40-22-38-64-62-32-16-18-42-70(62)78-74(64)68)72-59(53-27-11-5-12-28-53)35-20-36-60(72)54-29-13-6-14-30-54/h3-48H,1-2H3. The number of hydrogen-bond acceptors (Lipinski definition) is 4. The van der Waals surface area contributed by atoms with Crippen molar-refractivity contribution in [3.05, 3.63) is 290 Å². The van der Waals surface area contributed by atoms with Crippen molar-refractivity contribution in [3.8, 4) is 55.6 Å². The third-order valence-electron chi connectivity index (χ3n) is 15.3. The Morgan fingerprint density at radius 1 is 0.244 bits per heavy atom. The number of benzene rings is 12. The fourth-order valence-corrected chi connectivity index (χ4v) is 11.7. The lowest BCUT2D eigenvalue weighted by Crippen LogP contribution is -2.14. The predicted molar refractivity (Wildman–Crippen MR) is 327 cm³/mol. The molecule has 0 radical (unpaired) electrons. The van der Waals surface area contributed by atoms with Crippen LogP contribution in [0.1, 0.15) is 11.1 Å². The highest BCUT2D eigenvalue weighted by molar-refractivity contribution is 6.13. The van der Waals surface area contributed by atoms with Gasteiger partial charge in [-0.15, -0.1) is 0 Å². The second-order valence-corrected chi connectivity index (χ2v) is 20.0. The highest BCUT2D eigenvalue weighted by Gasteiger charge is 2.29. The number of fused-ring (bicyclic) bond motifs is 6. The summed E-state index contributed by atoms with van der Waals surface area (Å²) in [5.74, 6) is 0. The van der Waals surface area contributed by atoms with Crippen LogP contribution in [0.3, 0.4) is 0 Å². The van der Waals surface area contributed by atoms with Crippen LogP contribution in [0.5, 0.6) is 0 Å². The van der Waals surface area contributed by atoms with Gasteiger partial charge in [0.05, 0.1) is 22.7 Å². The first-order valence-electron chi connectivity index (χ1n) is 26.7. The van der Waals surface area contributed by atoms with Crippen LogP contribution in [0.2, 0.25) is 0 Å². The van der Waals surface area contributed by atoms with Crippen LogP contribution in [-0.4, -0.2) is 0 Å². The Balaban J connectivity index is 0.963. The second kappa shape index (κ2) is 19.5. The van der Waals surface area contributed by atoms with Crippen molar-refractivity contribution >= 4 is 78.0 Å². The van der Waals surface area contributed by atoms with Crippen molar-refractivity contribution in [3.63, 3.8) is 0 Å². The lowest BCUT2D eigenvalue weighted by Gasteiger charge is -2.32. The molecule has 14 rings (SSSR count). The Morgan fingerprint density at radius 3 is 0.897 bits per heavy atom. The van der Waals surface area contributed by atoms with Crippen molar-refractivity contribution in [1.29, 1.82) is 0 Å². The fourth-order valence-electron chi connectivity index (χ4n) is 11.7. The highest BCUT2D eigenvalue weighted by atomic mass is 16.3. The average molecular weight is 1000 g/mol. The van der Waals surface area contributed by atoms with E-state index in [2.05, 4.69) is 291 Å². The molecule has 4 heteroatoms. The molecule has 0 saturated carbocycles. The minimum absolute atomic E-state index is 0.836. The van der Waals surface area contributed by atoms with E-state index in [4.69, 9.17) is 8.83 Å². The van der Waals surface area contributed by atoms with E-state index in [9.17, 15) is 0 Å². The van der Waals surface area contributed by atoms with Gasteiger partial charge >= 0.3 is 0 Å². The first kappa shape index (κ1) is 46.4. The number of aryl methyl sites for hydroxylation is 2. The summed E-state index contributed by atoms with van der Waals surface area (Å²) in [5, 5.41) is 4.33. The number of rotatable bonds is 11. The van der Waals surface area contributed by atoms with Crippen molar-refractivity contribution in [2.75, 3.05) is 9.80 Å². The van der Waals surface area contributed by atoms with E-state index in [0.717, 1.165) is 145 Å². The molecule has 0 bridgehead atoms. The topological polar surface area (TPSA) is 32.8 Å². The third-order valence-corrected chi connectivity index (χ3v) is 15.3. The van der Waals surface area contributed by atoms with Crippen LogP contribution in [0.25, 0.3) is 99.5 Å². The summed E-state index contributed by atoms with van der Waals surface area (Å²) in [6, 6.07) is 99.8. The van der Waals surface area contributed by atoms with Gasteiger partial charge in [-0.3, -0.25) is 0 Å². The van der Waals surface area contributed by atoms with E-state index in [0.29, 0.717) is 0 Å². The molecule has 0 aliphatic heterocycles. The van der Waals surface area contributed by atoms with Crippen molar-refractivity contribution in [1.82, 2.24) is 0 Å². The molecule has 370 valence electrons. The van der Waals surface area contributed by atoms with E-state index in [1.165, 1.54) is 0 Å². The van der Waals surface area contributed by atoms with Gasteiger partial charge in [-0.2, -0.15) is 0 Å². The summed E-state index contributed by atoms with van der Waals surface area (Å²) in [6.45, 7) is 4.47. The smallest absolute Gasteiger partial charge is 0.159 e. The predicted octanol–water partition coefficient (Wildman–Crippen LogP) is 21.4. The lowest BCUT2D eigenvalue weighted by atomic mass is 9.92. The Kier molecular flexibility index (Phi) is 11.6. The summed E-state index contributed by atoms with van der Waals surface area (Å²) >= 11 is 0. The molecule has 0 aliphatic rings. The van der Waals surface area contributed by atoms with E-state index < -0.39 is 0 Å². The third kappa shape index (κ3) is 8.01.